The average Bonchev–Trinajstić information content (AvgIpc) is 2.62. The van der Waals surface area contributed by atoms with Crippen molar-refractivity contribution in [2.75, 3.05) is 31.6 Å². The van der Waals surface area contributed by atoms with Crippen LogP contribution in [0.25, 0.3) is 0 Å². The Kier molecular flexibility index (Phi) is 8.34. The Morgan fingerprint density at radius 2 is 2.15 bits per heavy atom. The van der Waals surface area contributed by atoms with Crippen molar-refractivity contribution in [3.63, 3.8) is 0 Å². The Hall–Kier alpha value is -1.83. The maximum Gasteiger partial charge on any atom is 0.307 e. The maximum atomic E-state index is 12.4. The summed E-state index contributed by atoms with van der Waals surface area (Å²) in [6.45, 7) is 3.14. The number of hydrogen-bond acceptors (Lipinski definition) is 5. The van der Waals surface area contributed by atoms with Crippen LogP contribution in [0, 0.1) is 0 Å². The number of hydrogen-bond donors (Lipinski definition) is 2. The van der Waals surface area contributed by atoms with Gasteiger partial charge in [-0.2, -0.15) is 0 Å². The number of ether oxygens (including phenoxy) is 1. The van der Waals surface area contributed by atoms with Gasteiger partial charge in [0.05, 0.1) is 35.3 Å². The molecule has 1 aliphatic rings. The third-order valence-electron chi connectivity index (χ3n) is 4.14. The summed E-state index contributed by atoms with van der Waals surface area (Å²) in [6, 6.07) is 4.19. The van der Waals surface area contributed by atoms with Crippen LogP contribution < -0.4 is 10.6 Å². The van der Waals surface area contributed by atoms with Gasteiger partial charge in [0.2, 0.25) is 11.8 Å². The van der Waals surface area contributed by atoms with E-state index in [1.54, 1.807) is 23.1 Å². The first-order valence-electron chi connectivity index (χ1n) is 8.83. The number of halogens is 2. The summed E-state index contributed by atoms with van der Waals surface area (Å²) in [5.74, 6) is -1.09. The molecule has 0 aliphatic carbocycles. The smallest absolute Gasteiger partial charge is 0.307 e. The van der Waals surface area contributed by atoms with E-state index in [0.717, 1.165) is 12.8 Å². The molecule has 0 radical (unpaired) electrons. The first kappa shape index (κ1) is 21.5. The zero-order valence-corrected chi connectivity index (χ0v) is 16.6. The average molecular weight is 416 g/mol. The van der Waals surface area contributed by atoms with Gasteiger partial charge >= 0.3 is 5.97 Å². The number of rotatable bonds is 8. The van der Waals surface area contributed by atoms with Gasteiger partial charge < -0.3 is 15.4 Å². The SMILES string of the molecule is CCCCOC(=O)CC1C(=O)NCCN1CC(=O)Nc1cccc(Cl)c1Cl. The number of amides is 2. The summed E-state index contributed by atoms with van der Waals surface area (Å²) in [4.78, 5) is 38.2. The second kappa shape index (κ2) is 10.5. The summed E-state index contributed by atoms with van der Waals surface area (Å²) < 4.78 is 5.13. The standard InChI is InChI=1S/C18H23Cl2N3O4/c1-2-3-9-27-16(25)10-14-18(26)21-7-8-23(14)11-15(24)22-13-6-4-5-12(19)17(13)20/h4-6,14H,2-3,7-11H2,1H3,(H,21,26)(H,22,24). The highest BCUT2D eigenvalue weighted by molar-refractivity contribution is 6.44. The predicted octanol–water partition coefficient (Wildman–Crippen LogP) is 2.47. The normalized spacial score (nSPS) is 17.3. The monoisotopic (exact) mass is 415 g/mol. The van der Waals surface area contributed by atoms with Gasteiger partial charge in [-0.05, 0) is 18.6 Å². The number of anilines is 1. The molecule has 27 heavy (non-hydrogen) atoms. The minimum absolute atomic E-state index is 0.0524. The lowest BCUT2D eigenvalue weighted by molar-refractivity contribution is -0.149. The number of esters is 1. The lowest BCUT2D eigenvalue weighted by Gasteiger charge is -2.33. The highest BCUT2D eigenvalue weighted by Gasteiger charge is 2.33. The quantitative estimate of drug-likeness (QED) is 0.502. The van der Waals surface area contributed by atoms with Crippen molar-refractivity contribution in [2.24, 2.45) is 0 Å². The molecule has 0 aromatic heterocycles. The van der Waals surface area contributed by atoms with Gasteiger partial charge in [0.15, 0.2) is 0 Å². The van der Waals surface area contributed by atoms with Crippen molar-refractivity contribution in [1.29, 1.82) is 0 Å². The van der Waals surface area contributed by atoms with Gasteiger partial charge in [0.1, 0.15) is 6.04 Å². The molecule has 9 heteroatoms. The summed E-state index contributed by atoms with van der Waals surface area (Å²) in [6.07, 6.45) is 1.59. The van der Waals surface area contributed by atoms with Crippen LogP contribution in [0.3, 0.4) is 0 Å². The molecule has 2 rings (SSSR count). The van der Waals surface area contributed by atoms with E-state index >= 15 is 0 Å². The lowest BCUT2D eigenvalue weighted by atomic mass is 10.1. The third-order valence-corrected chi connectivity index (χ3v) is 4.95. The fourth-order valence-corrected chi connectivity index (χ4v) is 3.04. The Morgan fingerprint density at radius 1 is 1.37 bits per heavy atom. The van der Waals surface area contributed by atoms with E-state index in [4.69, 9.17) is 27.9 Å². The molecule has 1 fully saturated rings. The van der Waals surface area contributed by atoms with Crippen LogP contribution in [0.2, 0.25) is 10.0 Å². The molecular weight excluding hydrogens is 393 g/mol. The molecule has 1 aromatic carbocycles. The molecular formula is C18H23Cl2N3O4. The van der Waals surface area contributed by atoms with E-state index in [9.17, 15) is 14.4 Å². The molecule has 2 amide bonds. The Morgan fingerprint density at radius 3 is 2.89 bits per heavy atom. The van der Waals surface area contributed by atoms with Gasteiger partial charge in [-0.1, -0.05) is 42.6 Å². The molecule has 1 saturated heterocycles. The van der Waals surface area contributed by atoms with Crippen molar-refractivity contribution in [2.45, 2.75) is 32.2 Å². The molecule has 2 N–H and O–H groups in total. The van der Waals surface area contributed by atoms with Crippen molar-refractivity contribution < 1.29 is 19.1 Å². The van der Waals surface area contributed by atoms with E-state index in [1.807, 2.05) is 6.92 Å². The zero-order chi connectivity index (χ0) is 19.8. The topological polar surface area (TPSA) is 87.7 Å². The molecule has 1 aliphatic heterocycles. The number of nitrogens with one attached hydrogen (secondary N) is 2. The van der Waals surface area contributed by atoms with Crippen molar-refractivity contribution in [1.82, 2.24) is 10.2 Å². The first-order valence-corrected chi connectivity index (χ1v) is 9.59. The lowest BCUT2D eigenvalue weighted by Crippen LogP contribution is -2.57. The van der Waals surface area contributed by atoms with Crippen LogP contribution in [0.5, 0.6) is 0 Å². The largest absolute Gasteiger partial charge is 0.466 e. The minimum atomic E-state index is -0.742. The van der Waals surface area contributed by atoms with Gasteiger partial charge in [-0.25, -0.2) is 0 Å². The van der Waals surface area contributed by atoms with Crippen LogP contribution >= 0.6 is 23.2 Å². The Bertz CT molecular complexity index is 699. The highest BCUT2D eigenvalue weighted by Crippen LogP contribution is 2.29. The molecule has 0 saturated carbocycles. The summed E-state index contributed by atoms with van der Waals surface area (Å²) >= 11 is 12.0. The van der Waals surface area contributed by atoms with Crippen molar-refractivity contribution >= 4 is 46.7 Å². The maximum absolute atomic E-state index is 12.4. The molecule has 1 unspecified atom stereocenters. The van der Waals surface area contributed by atoms with Crippen LogP contribution in [0.4, 0.5) is 5.69 Å². The van der Waals surface area contributed by atoms with Crippen LogP contribution in [0.15, 0.2) is 18.2 Å². The predicted molar refractivity (Wildman–Crippen MR) is 104 cm³/mol. The van der Waals surface area contributed by atoms with Crippen LogP contribution in [-0.2, 0) is 19.1 Å². The van der Waals surface area contributed by atoms with E-state index in [1.165, 1.54) is 0 Å². The van der Waals surface area contributed by atoms with Crippen molar-refractivity contribution in [3.05, 3.63) is 28.2 Å². The number of carbonyl (C=O) groups is 3. The fourth-order valence-electron chi connectivity index (χ4n) is 2.69. The van der Waals surface area contributed by atoms with E-state index < -0.39 is 12.0 Å². The number of nitrogens with zero attached hydrogens (tertiary/aromatic N) is 1. The number of carbonyl (C=O) groups excluding carboxylic acids is 3. The van der Waals surface area contributed by atoms with E-state index in [-0.39, 0.29) is 29.8 Å². The van der Waals surface area contributed by atoms with Gasteiger partial charge in [-0.3, -0.25) is 19.3 Å². The Labute approximate surface area is 168 Å². The van der Waals surface area contributed by atoms with Crippen LogP contribution in [-0.4, -0.2) is 55.0 Å². The van der Waals surface area contributed by atoms with E-state index in [2.05, 4.69) is 10.6 Å². The molecule has 148 valence electrons. The second-order valence-corrected chi connectivity index (χ2v) is 6.99. The molecule has 0 bridgehead atoms. The summed E-state index contributed by atoms with van der Waals surface area (Å²) in [7, 11) is 0. The van der Waals surface area contributed by atoms with Crippen molar-refractivity contribution in [3.8, 4) is 0 Å². The second-order valence-electron chi connectivity index (χ2n) is 6.21. The summed E-state index contributed by atoms with van der Waals surface area (Å²) in [5, 5.41) is 5.98. The number of unbranched alkanes of at least 4 members (excludes halogenated alkanes) is 1. The molecule has 1 aromatic rings. The fraction of sp³-hybridized carbons (Fsp3) is 0.500. The summed E-state index contributed by atoms with van der Waals surface area (Å²) in [5.41, 5.74) is 0.395. The third kappa shape index (κ3) is 6.37. The van der Waals surface area contributed by atoms with Gasteiger partial charge in [-0.15, -0.1) is 0 Å². The molecule has 0 spiro atoms. The zero-order valence-electron chi connectivity index (χ0n) is 15.1. The molecule has 1 atom stereocenters. The first-order chi connectivity index (χ1) is 12.9. The molecule has 7 nitrogen and oxygen atoms in total. The molecule has 1 heterocycles. The number of benzene rings is 1. The van der Waals surface area contributed by atoms with Gasteiger partial charge in [0.25, 0.3) is 0 Å². The van der Waals surface area contributed by atoms with Crippen LogP contribution in [0.1, 0.15) is 26.2 Å². The highest BCUT2D eigenvalue weighted by atomic mass is 35.5. The Balaban J connectivity index is 1.97. The minimum Gasteiger partial charge on any atom is -0.466 e. The number of piperazine rings is 1. The van der Waals surface area contributed by atoms with Gasteiger partial charge in [0, 0.05) is 13.1 Å². The van der Waals surface area contributed by atoms with E-state index in [0.29, 0.717) is 30.4 Å².